The van der Waals surface area contributed by atoms with Gasteiger partial charge in [0, 0.05) is 12.2 Å². The lowest BCUT2D eigenvalue weighted by atomic mass is 10.1. The fraction of sp³-hybridized carbons (Fsp3) is 0.538. The van der Waals surface area contributed by atoms with Gasteiger partial charge in [0.25, 0.3) is 0 Å². The number of nitrogens with one attached hydrogen (secondary N) is 1. The molecule has 0 aliphatic carbocycles. The first kappa shape index (κ1) is 15.0. The van der Waals surface area contributed by atoms with Crippen LogP contribution in [0.15, 0.2) is 24.3 Å². The minimum atomic E-state index is -3.37. The minimum absolute atomic E-state index is 0.115. The SMILES string of the molecule is CCCCc1ccc(NS(=O)(=O)C(C)CN)cc1. The number of hydrogen-bond acceptors (Lipinski definition) is 3. The van der Waals surface area contributed by atoms with Crippen LogP contribution in [0.5, 0.6) is 0 Å². The summed E-state index contributed by atoms with van der Waals surface area (Å²) in [6, 6.07) is 7.51. The number of anilines is 1. The van der Waals surface area contributed by atoms with Crippen LogP contribution in [0, 0.1) is 0 Å². The molecule has 0 amide bonds. The Balaban J connectivity index is 2.69. The van der Waals surface area contributed by atoms with Crippen molar-refractivity contribution in [3.8, 4) is 0 Å². The molecule has 3 N–H and O–H groups in total. The lowest BCUT2D eigenvalue weighted by molar-refractivity contribution is 0.589. The van der Waals surface area contributed by atoms with E-state index >= 15 is 0 Å². The Labute approximate surface area is 110 Å². The van der Waals surface area contributed by atoms with Crippen molar-refractivity contribution in [3.63, 3.8) is 0 Å². The van der Waals surface area contributed by atoms with Crippen LogP contribution in [-0.2, 0) is 16.4 Å². The second kappa shape index (κ2) is 6.75. The zero-order chi connectivity index (χ0) is 13.6. The topological polar surface area (TPSA) is 72.2 Å². The van der Waals surface area contributed by atoms with Crippen molar-refractivity contribution in [2.45, 2.75) is 38.4 Å². The number of rotatable bonds is 7. The van der Waals surface area contributed by atoms with Crippen molar-refractivity contribution in [1.82, 2.24) is 0 Å². The molecule has 0 heterocycles. The van der Waals surface area contributed by atoms with E-state index in [4.69, 9.17) is 5.73 Å². The van der Waals surface area contributed by atoms with Crippen LogP contribution >= 0.6 is 0 Å². The van der Waals surface area contributed by atoms with Crippen LogP contribution in [0.1, 0.15) is 32.3 Å². The molecule has 1 aromatic carbocycles. The van der Waals surface area contributed by atoms with Gasteiger partial charge in [-0.15, -0.1) is 0 Å². The van der Waals surface area contributed by atoms with Crippen molar-refractivity contribution in [2.24, 2.45) is 5.73 Å². The lowest BCUT2D eigenvalue weighted by Gasteiger charge is -2.13. The van der Waals surface area contributed by atoms with Crippen LogP contribution in [-0.4, -0.2) is 20.2 Å². The summed E-state index contributed by atoms with van der Waals surface area (Å²) in [5.41, 5.74) is 7.19. The second-order valence-electron chi connectivity index (χ2n) is 4.49. The Morgan fingerprint density at radius 3 is 2.39 bits per heavy atom. The second-order valence-corrected chi connectivity index (χ2v) is 6.59. The Bertz CT molecular complexity index is 454. The maximum absolute atomic E-state index is 11.8. The van der Waals surface area contributed by atoms with Crippen molar-refractivity contribution in [1.29, 1.82) is 0 Å². The van der Waals surface area contributed by atoms with E-state index < -0.39 is 15.3 Å². The highest BCUT2D eigenvalue weighted by atomic mass is 32.2. The molecule has 1 aromatic rings. The summed E-state index contributed by atoms with van der Waals surface area (Å²) in [5, 5.41) is -0.586. The number of aryl methyl sites for hydroxylation is 1. The van der Waals surface area contributed by atoms with Crippen LogP contribution in [0.3, 0.4) is 0 Å². The van der Waals surface area contributed by atoms with Gasteiger partial charge in [0.05, 0.1) is 5.25 Å². The van der Waals surface area contributed by atoms with E-state index in [1.165, 1.54) is 5.56 Å². The molecule has 0 spiro atoms. The zero-order valence-corrected chi connectivity index (χ0v) is 11.8. The van der Waals surface area contributed by atoms with E-state index in [0.29, 0.717) is 5.69 Å². The van der Waals surface area contributed by atoms with Gasteiger partial charge in [-0.05, 0) is 37.5 Å². The number of unbranched alkanes of at least 4 members (excludes halogenated alkanes) is 1. The normalized spacial score (nSPS) is 13.3. The first-order chi connectivity index (χ1) is 8.49. The van der Waals surface area contributed by atoms with E-state index in [0.717, 1.165) is 19.3 Å². The maximum Gasteiger partial charge on any atom is 0.236 e. The molecule has 4 nitrogen and oxygen atoms in total. The summed E-state index contributed by atoms with van der Waals surface area (Å²) in [4.78, 5) is 0. The van der Waals surface area contributed by atoms with Crippen LogP contribution in [0.2, 0.25) is 0 Å². The third-order valence-electron chi connectivity index (χ3n) is 2.89. The Kier molecular flexibility index (Phi) is 5.62. The van der Waals surface area contributed by atoms with Gasteiger partial charge in [0.2, 0.25) is 10.0 Å². The van der Waals surface area contributed by atoms with Crippen molar-refractivity contribution in [2.75, 3.05) is 11.3 Å². The van der Waals surface area contributed by atoms with Gasteiger partial charge in [0.15, 0.2) is 0 Å². The summed E-state index contributed by atoms with van der Waals surface area (Å²) in [7, 11) is -3.37. The Morgan fingerprint density at radius 2 is 1.89 bits per heavy atom. The summed E-state index contributed by atoms with van der Waals surface area (Å²) in [5.74, 6) is 0. The maximum atomic E-state index is 11.8. The van der Waals surface area contributed by atoms with E-state index in [1.54, 1.807) is 19.1 Å². The van der Waals surface area contributed by atoms with Crippen LogP contribution in [0.25, 0.3) is 0 Å². The van der Waals surface area contributed by atoms with Crippen molar-refractivity contribution >= 4 is 15.7 Å². The molecule has 1 atom stereocenters. The molecule has 102 valence electrons. The molecular weight excluding hydrogens is 248 g/mol. The number of hydrogen-bond donors (Lipinski definition) is 2. The number of sulfonamides is 1. The molecule has 0 saturated carbocycles. The molecule has 1 rings (SSSR count). The van der Waals surface area contributed by atoms with Crippen LogP contribution in [0.4, 0.5) is 5.69 Å². The standard InChI is InChI=1S/C13H22N2O2S/c1-3-4-5-12-6-8-13(9-7-12)15-18(16,17)11(2)10-14/h6-9,11,15H,3-5,10,14H2,1-2H3. The first-order valence-electron chi connectivity index (χ1n) is 6.30. The third kappa shape index (κ3) is 4.31. The minimum Gasteiger partial charge on any atom is -0.329 e. The molecule has 5 heteroatoms. The summed E-state index contributed by atoms with van der Waals surface area (Å²) < 4.78 is 26.1. The molecule has 0 aliphatic rings. The van der Waals surface area contributed by atoms with Gasteiger partial charge in [-0.25, -0.2) is 8.42 Å². The van der Waals surface area contributed by atoms with E-state index in [1.807, 2.05) is 12.1 Å². The highest BCUT2D eigenvalue weighted by molar-refractivity contribution is 7.93. The smallest absolute Gasteiger partial charge is 0.236 e. The van der Waals surface area contributed by atoms with Gasteiger partial charge in [-0.2, -0.15) is 0 Å². The highest BCUT2D eigenvalue weighted by Crippen LogP contribution is 2.14. The molecule has 0 saturated heterocycles. The molecule has 0 aliphatic heterocycles. The summed E-state index contributed by atoms with van der Waals surface area (Å²) in [6.45, 7) is 3.86. The molecule has 18 heavy (non-hydrogen) atoms. The molecule has 0 fully saturated rings. The van der Waals surface area contributed by atoms with Gasteiger partial charge in [-0.1, -0.05) is 25.5 Å². The van der Waals surface area contributed by atoms with Crippen molar-refractivity contribution in [3.05, 3.63) is 29.8 Å². The van der Waals surface area contributed by atoms with Gasteiger partial charge in [0.1, 0.15) is 0 Å². The molecule has 0 bridgehead atoms. The van der Waals surface area contributed by atoms with E-state index in [9.17, 15) is 8.42 Å². The first-order valence-corrected chi connectivity index (χ1v) is 7.85. The number of benzene rings is 1. The molecule has 0 radical (unpaired) electrons. The van der Waals surface area contributed by atoms with Gasteiger partial charge in [-0.3, -0.25) is 4.72 Å². The third-order valence-corrected chi connectivity index (χ3v) is 4.67. The Morgan fingerprint density at radius 1 is 1.28 bits per heavy atom. The highest BCUT2D eigenvalue weighted by Gasteiger charge is 2.18. The fourth-order valence-electron chi connectivity index (χ4n) is 1.51. The Hall–Kier alpha value is -1.07. The summed E-state index contributed by atoms with van der Waals surface area (Å²) >= 11 is 0. The largest absolute Gasteiger partial charge is 0.329 e. The lowest BCUT2D eigenvalue weighted by Crippen LogP contribution is -2.31. The van der Waals surface area contributed by atoms with E-state index in [2.05, 4.69) is 11.6 Å². The predicted molar refractivity (Wildman–Crippen MR) is 76.1 cm³/mol. The average molecular weight is 270 g/mol. The predicted octanol–water partition coefficient (Wildman–Crippen LogP) is 2.12. The molecular formula is C13H22N2O2S. The zero-order valence-electron chi connectivity index (χ0n) is 11.0. The van der Waals surface area contributed by atoms with Gasteiger partial charge < -0.3 is 5.73 Å². The van der Waals surface area contributed by atoms with Crippen LogP contribution < -0.4 is 10.5 Å². The molecule has 0 aromatic heterocycles. The van der Waals surface area contributed by atoms with Gasteiger partial charge >= 0.3 is 0 Å². The van der Waals surface area contributed by atoms with E-state index in [-0.39, 0.29) is 6.54 Å². The average Bonchev–Trinajstić information content (AvgIpc) is 2.36. The summed E-state index contributed by atoms with van der Waals surface area (Å²) in [6.07, 6.45) is 3.33. The number of nitrogens with two attached hydrogens (primary N) is 1. The monoisotopic (exact) mass is 270 g/mol. The van der Waals surface area contributed by atoms with Crippen molar-refractivity contribution < 1.29 is 8.42 Å². The fourth-order valence-corrected chi connectivity index (χ4v) is 2.43. The molecule has 1 unspecified atom stereocenters. The quantitative estimate of drug-likeness (QED) is 0.797.